The first-order valence-corrected chi connectivity index (χ1v) is 8.95. The number of carboxylic acids is 1. The normalized spacial score (nSPS) is 25.7. The molecule has 0 radical (unpaired) electrons. The molecule has 0 spiro atoms. The lowest BCUT2D eigenvalue weighted by molar-refractivity contribution is -0.146. The molecule has 0 amide bonds. The standard InChI is InChI=1S/C19H24F3NO4/c1-3-27-15(24)11-18(2)8-6-13(7-9-18)12-23-10-4-5-14(17(25)26)16(23)19(20,21)22/h5,10,13H,3,6-9,11-12H2,1-2H3,(H,25,26). The monoisotopic (exact) mass is 387 g/mol. The summed E-state index contributed by atoms with van der Waals surface area (Å²) in [5, 5.41) is 9.08. The van der Waals surface area contributed by atoms with Gasteiger partial charge in [0, 0.05) is 12.7 Å². The van der Waals surface area contributed by atoms with E-state index in [1.807, 2.05) is 6.92 Å². The molecule has 0 atom stereocenters. The number of carboxylic acid groups (broad SMARTS) is 1. The summed E-state index contributed by atoms with van der Waals surface area (Å²) in [5.41, 5.74) is 0.320. The Labute approximate surface area is 156 Å². The number of carbonyl (C=O) groups is 2. The molecule has 1 N–H and O–H groups in total. The molecular weight excluding hydrogens is 363 g/mol. The maximum Gasteiger partial charge on any atom is 0.432 e. The van der Waals surface area contributed by atoms with Crippen molar-refractivity contribution in [2.24, 2.45) is 11.3 Å². The Morgan fingerprint density at radius 2 is 2.00 bits per heavy atom. The van der Waals surface area contributed by atoms with E-state index in [4.69, 9.17) is 9.84 Å². The van der Waals surface area contributed by atoms with Crippen molar-refractivity contribution < 1.29 is 32.6 Å². The molecule has 8 heteroatoms. The minimum absolute atomic E-state index is 0.0242. The Kier molecular flexibility index (Phi) is 6.42. The van der Waals surface area contributed by atoms with Crippen LogP contribution in [0.1, 0.15) is 46.0 Å². The van der Waals surface area contributed by atoms with Crippen LogP contribution >= 0.6 is 0 Å². The number of halogens is 3. The molecule has 0 aromatic carbocycles. The van der Waals surface area contributed by atoms with E-state index in [1.165, 1.54) is 0 Å². The molecule has 1 aliphatic carbocycles. The van der Waals surface area contributed by atoms with E-state index in [0.29, 0.717) is 38.7 Å². The molecule has 0 unspecified atom stereocenters. The molecule has 1 fully saturated rings. The highest BCUT2D eigenvalue weighted by atomic mass is 19.4. The number of rotatable bonds is 6. The molecule has 0 aromatic heterocycles. The molecule has 0 bridgehead atoms. The van der Waals surface area contributed by atoms with Crippen molar-refractivity contribution in [1.29, 1.82) is 0 Å². The number of aliphatic carboxylic acids is 1. The lowest BCUT2D eigenvalue weighted by Gasteiger charge is -2.39. The van der Waals surface area contributed by atoms with Gasteiger partial charge < -0.3 is 14.7 Å². The predicted octanol–water partition coefficient (Wildman–Crippen LogP) is 4.02. The van der Waals surface area contributed by atoms with E-state index >= 15 is 0 Å². The molecule has 5 nitrogen and oxygen atoms in total. The van der Waals surface area contributed by atoms with Crippen LogP contribution in [0.2, 0.25) is 0 Å². The Morgan fingerprint density at radius 1 is 1.37 bits per heavy atom. The SMILES string of the molecule is CCOC(=O)CC1(C)CCC(CN2C=C=CC(C(=O)O)=C2C(F)(F)F)CC1. The summed E-state index contributed by atoms with van der Waals surface area (Å²) in [6, 6.07) is 0. The van der Waals surface area contributed by atoms with Crippen LogP contribution in [-0.2, 0) is 14.3 Å². The zero-order valence-corrected chi connectivity index (χ0v) is 15.4. The van der Waals surface area contributed by atoms with Crippen molar-refractivity contribution in [3.63, 3.8) is 0 Å². The first-order chi connectivity index (χ1) is 12.6. The van der Waals surface area contributed by atoms with Gasteiger partial charge >= 0.3 is 18.1 Å². The molecule has 27 heavy (non-hydrogen) atoms. The number of esters is 1. The van der Waals surface area contributed by atoms with Crippen LogP contribution in [0.5, 0.6) is 0 Å². The number of alkyl halides is 3. The fourth-order valence-corrected chi connectivity index (χ4v) is 3.69. The highest BCUT2D eigenvalue weighted by molar-refractivity contribution is 5.91. The van der Waals surface area contributed by atoms with Crippen molar-refractivity contribution in [3.8, 4) is 0 Å². The summed E-state index contributed by atoms with van der Waals surface area (Å²) in [4.78, 5) is 23.9. The fourth-order valence-electron chi connectivity index (χ4n) is 3.69. The van der Waals surface area contributed by atoms with Gasteiger partial charge in [-0.05, 0) is 50.0 Å². The average Bonchev–Trinajstić information content (AvgIpc) is 2.56. The number of hydrogen-bond acceptors (Lipinski definition) is 4. The molecule has 1 saturated carbocycles. The summed E-state index contributed by atoms with van der Waals surface area (Å²) >= 11 is 0. The van der Waals surface area contributed by atoms with Crippen LogP contribution in [0.25, 0.3) is 0 Å². The van der Waals surface area contributed by atoms with Crippen molar-refractivity contribution in [2.45, 2.75) is 52.1 Å². The molecule has 0 saturated heterocycles. The number of allylic oxidation sites excluding steroid dienone is 1. The van der Waals surface area contributed by atoms with Gasteiger partial charge in [0.25, 0.3) is 0 Å². The van der Waals surface area contributed by atoms with Crippen molar-refractivity contribution in [2.75, 3.05) is 13.2 Å². The summed E-state index contributed by atoms with van der Waals surface area (Å²) in [5.74, 6) is -1.90. The number of carbonyl (C=O) groups excluding carboxylic acids is 1. The first-order valence-electron chi connectivity index (χ1n) is 8.95. The van der Waals surface area contributed by atoms with Crippen molar-refractivity contribution >= 4 is 11.9 Å². The number of hydrogen-bond donors (Lipinski definition) is 1. The largest absolute Gasteiger partial charge is 0.478 e. The topological polar surface area (TPSA) is 66.8 Å². The summed E-state index contributed by atoms with van der Waals surface area (Å²) in [7, 11) is 0. The first kappa shape index (κ1) is 21.1. The van der Waals surface area contributed by atoms with Gasteiger partial charge in [-0.15, -0.1) is 5.73 Å². The van der Waals surface area contributed by atoms with Crippen LogP contribution < -0.4 is 0 Å². The highest BCUT2D eigenvalue weighted by Crippen LogP contribution is 2.43. The molecule has 0 aromatic rings. The van der Waals surface area contributed by atoms with Crippen LogP contribution in [0, 0.1) is 11.3 Å². The lowest BCUT2D eigenvalue weighted by atomic mass is 9.70. The van der Waals surface area contributed by atoms with Gasteiger partial charge in [-0.3, -0.25) is 4.79 Å². The quantitative estimate of drug-likeness (QED) is 0.551. The third-order valence-corrected chi connectivity index (χ3v) is 5.14. The molecule has 1 aliphatic heterocycles. The second-order valence-electron chi connectivity index (χ2n) is 7.39. The summed E-state index contributed by atoms with van der Waals surface area (Å²) in [6.45, 7) is 4.13. The van der Waals surface area contributed by atoms with Gasteiger partial charge in [0.05, 0.1) is 18.6 Å². The average molecular weight is 387 g/mol. The van der Waals surface area contributed by atoms with Gasteiger partial charge in [-0.1, -0.05) is 6.92 Å². The highest BCUT2D eigenvalue weighted by Gasteiger charge is 2.43. The Morgan fingerprint density at radius 3 is 2.52 bits per heavy atom. The van der Waals surface area contributed by atoms with Crippen LogP contribution in [0.15, 0.2) is 29.3 Å². The predicted molar refractivity (Wildman–Crippen MR) is 91.4 cm³/mol. The molecule has 1 heterocycles. The zero-order chi connectivity index (χ0) is 20.2. The van der Waals surface area contributed by atoms with Crippen LogP contribution in [0.4, 0.5) is 13.2 Å². The van der Waals surface area contributed by atoms with E-state index in [2.05, 4.69) is 5.73 Å². The lowest BCUT2D eigenvalue weighted by Crippen LogP contribution is -2.37. The van der Waals surface area contributed by atoms with E-state index in [9.17, 15) is 22.8 Å². The van der Waals surface area contributed by atoms with Gasteiger partial charge in [0.1, 0.15) is 5.70 Å². The smallest absolute Gasteiger partial charge is 0.432 e. The van der Waals surface area contributed by atoms with Crippen molar-refractivity contribution in [3.05, 3.63) is 29.3 Å². The minimum Gasteiger partial charge on any atom is -0.478 e. The van der Waals surface area contributed by atoms with Gasteiger partial charge in [0.15, 0.2) is 0 Å². The van der Waals surface area contributed by atoms with Gasteiger partial charge in [0.2, 0.25) is 0 Å². The summed E-state index contributed by atoms with van der Waals surface area (Å²) in [6.07, 6.45) is 0.282. The van der Waals surface area contributed by atoms with E-state index in [0.717, 1.165) is 17.2 Å². The van der Waals surface area contributed by atoms with Gasteiger partial charge in [-0.2, -0.15) is 13.2 Å². The second-order valence-corrected chi connectivity index (χ2v) is 7.39. The minimum atomic E-state index is -4.77. The molecule has 2 aliphatic rings. The van der Waals surface area contributed by atoms with E-state index < -0.39 is 23.4 Å². The van der Waals surface area contributed by atoms with E-state index in [1.54, 1.807) is 6.92 Å². The zero-order valence-electron chi connectivity index (χ0n) is 15.4. The molecule has 2 rings (SSSR count). The maximum absolute atomic E-state index is 13.4. The second kappa shape index (κ2) is 8.21. The Balaban J connectivity index is 2.05. The van der Waals surface area contributed by atoms with Crippen molar-refractivity contribution in [1.82, 2.24) is 4.90 Å². The van der Waals surface area contributed by atoms with Gasteiger partial charge in [-0.25, -0.2) is 4.79 Å². The van der Waals surface area contributed by atoms with Crippen LogP contribution in [0.3, 0.4) is 0 Å². The molecule has 150 valence electrons. The number of ether oxygens (including phenoxy) is 1. The number of nitrogens with zero attached hydrogens (tertiary/aromatic N) is 1. The third-order valence-electron chi connectivity index (χ3n) is 5.14. The van der Waals surface area contributed by atoms with Crippen LogP contribution in [-0.4, -0.2) is 41.3 Å². The molecular formula is C19H24F3NO4. The summed E-state index contributed by atoms with van der Waals surface area (Å²) < 4.78 is 45.2. The maximum atomic E-state index is 13.4. The Bertz CT molecular complexity index is 682. The van der Waals surface area contributed by atoms with E-state index in [-0.39, 0.29) is 23.8 Å². The fraction of sp³-hybridized carbons (Fsp3) is 0.632. The Hall–Kier alpha value is -2.21. The third kappa shape index (κ3) is 5.39.